The van der Waals surface area contributed by atoms with Gasteiger partial charge >= 0.3 is 0 Å². The number of nitrogen functional groups attached to an aromatic ring is 1. The van der Waals surface area contributed by atoms with Gasteiger partial charge < -0.3 is 11.1 Å². The minimum Gasteiger partial charge on any atom is -0.397 e. The fourth-order valence-corrected chi connectivity index (χ4v) is 1.74. The van der Waals surface area contributed by atoms with Crippen LogP contribution in [-0.2, 0) is 11.2 Å². The Morgan fingerprint density at radius 1 is 1.35 bits per heavy atom. The summed E-state index contributed by atoms with van der Waals surface area (Å²) in [5.41, 5.74) is 6.88. The van der Waals surface area contributed by atoms with Gasteiger partial charge in [-0.3, -0.25) is 4.79 Å². The SMILES string of the molecule is Cc1cc(N)cnc1NC(=O)Cc1ccc(F)cc1F. The van der Waals surface area contributed by atoms with E-state index in [0.29, 0.717) is 17.1 Å². The number of pyridine rings is 1. The first-order chi connectivity index (χ1) is 9.45. The van der Waals surface area contributed by atoms with Gasteiger partial charge in [0.15, 0.2) is 0 Å². The van der Waals surface area contributed by atoms with Gasteiger partial charge in [-0.05, 0) is 30.2 Å². The summed E-state index contributed by atoms with van der Waals surface area (Å²) >= 11 is 0. The van der Waals surface area contributed by atoms with Crippen molar-refractivity contribution in [1.82, 2.24) is 4.98 Å². The Kier molecular flexibility index (Phi) is 3.93. The lowest BCUT2D eigenvalue weighted by Gasteiger charge is -2.08. The van der Waals surface area contributed by atoms with Gasteiger partial charge in [0.1, 0.15) is 17.5 Å². The number of aromatic nitrogens is 1. The first kappa shape index (κ1) is 13.9. The molecule has 6 heteroatoms. The smallest absolute Gasteiger partial charge is 0.230 e. The van der Waals surface area contributed by atoms with Crippen molar-refractivity contribution < 1.29 is 13.6 Å². The van der Waals surface area contributed by atoms with Gasteiger partial charge in [0.05, 0.1) is 18.3 Å². The number of anilines is 2. The van der Waals surface area contributed by atoms with Crippen molar-refractivity contribution in [3.8, 4) is 0 Å². The molecule has 1 aromatic heterocycles. The number of nitrogens with zero attached hydrogens (tertiary/aromatic N) is 1. The van der Waals surface area contributed by atoms with Crippen LogP contribution in [0.25, 0.3) is 0 Å². The largest absolute Gasteiger partial charge is 0.397 e. The maximum Gasteiger partial charge on any atom is 0.230 e. The van der Waals surface area contributed by atoms with Crippen LogP contribution >= 0.6 is 0 Å². The van der Waals surface area contributed by atoms with Gasteiger partial charge in [0, 0.05) is 6.07 Å². The lowest BCUT2D eigenvalue weighted by Crippen LogP contribution is -2.17. The molecule has 104 valence electrons. The zero-order valence-electron chi connectivity index (χ0n) is 10.8. The fourth-order valence-electron chi connectivity index (χ4n) is 1.74. The highest BCUT2D eigenvalue weighted by Gasteiger charge is 2.11. The molecule has 4 nitrogen and oxygen atoms in total. The Hall–Kier alpha value is -2.50. The molecule has 0 fully saturated rings. The number of carbonyl (C=O) groups is 1. The Bertz CT molecular complexity index is 603. The molecule has 0 bridgehead atoms. The Balaban J connectivity index is 2.09. The quantitative estimate of drug-likeness (QED) is 0.905. The van der Waals surface area contributed by atoms with E-state index < -0.39 is 17.5 Å². The average Bonchev–Trinajstić information content (AvgIpc) is 2.36. The molecule has 1 amide bonds. The lowest BCUT2D eigenvalue weighted by molar-refractivity contribution is -0.115. The summed E-state index contributed by atoms with van der Waals surface area (Å²) in [6.45, 7) is 1.75. The third-order valence-electron chi connectivity index (χ3n) is 2.72. The molecule has 0 radical (unpaired) electrons. The maximum absolute atomic E-state index is 13.4. The molecular formula is C14H13F2N3O. The monoisotopic (exact) mass is 277 g/mol. The van der Waals surface area contributed by atoms with E-state index in [4.69, 9.17) is 5.73 Å². The summed E-state index contributed by atoms with van der Waals surface area (Å²) in [4.78, 5) is 15.8. The van der Waals surface area contributed by atoms with Gasteiger partial charge in [0.2, 0.25) is 5.91 Å². The molecule has 0 aliphatic carbocycles. The minimum atomic E-state index is -0.748. The van der Waals surface area contributed by atoms with Crippen LogP contribution in [0.2, 0.25) is 0 Å². The standard InChI is InChI=1S/C14H13F2N3O/c1-8-4-11(17)7-18-14(8)19-13(20)5-9-2-3-10(15)6-12(9)16/h2-4,6-7H,5,17H2,1H3,(H,18,19,20). The van der Waals surface area contributed by atoms with Crippen LogP contribution in [0.1, 0.15) is 11.1 Å². The molecule has 1 aromatic carbocycles. The summed E-state index contributed by atoms with van der Waals surface area (Å²) in [6, 6.07) is 4.77. The van der Waals surface area contributed by atoms with E-state index in [0.717, 1.165) is 12.1 Å². The second-order valence-corrected chi connectivity index (χ2v) is 4.39. The molecular weight excluding hydrogens is 264 g/mol. The van der Waals surface area contributed by atoms with Crippen LogP contribution in [0.3, 0.4) is 0 Å². The van der Waals surface area contributed by atoms with Crippen molar-refractivity contribution in [3.05, 3.63) is 53.2 Å². The van der Waals surface area contributed by atoms with Gasteiger partial charge in [-0.25, -0.2) is 13.8 Å². The van der Waals surface area contributed by atoms with Crippen LogP contribution < -0.4 is 11.1 Å². The predicted molar refractivity (Wildman–Crippen MR) is 72.1 cm³/mol. The Morgan fingerprint density at radius 2 is 2.10 bits per heavy atom. The molecule has 2 aromatic rings. The molecule has 0 saturated heterocycles. The molecule has 0 atom stereocenters. The van der Waals surface area contributed by atoms with Crippen molar-refractivity contribution in [3.63, 3.8) is 0 Å². The first-order valence-electron chi connectivity index (χ1n) is 5.91. The zero-order chi connectivity index (χ0) is 14.7. The number of nitrogens with two attached hydrogens (primary N) is 1. The molecule has 3 N–H and O–H groups in total. The van der Waals surface area contributed by atoms with Crippen LogP contribution in [0.4, 0.5) is 20.3 Å². The van der Waals surface area contributed by atoms with Gasteiger partial charge in [-0.2, -0.15) is 0 Å². The molecule has 0 aliphatic rings. The highest BCUT2D eigenvalue weighted by Crippen LogP contribution is 2.15. The third kappa shape index (κ3) is 3.28. The molecule has 20 heavy (non-hydrogen) atoms. The summed E-state index contributed by atoms with van der Waals surface area (Å²) in [5, 5.41) is 2.56. The van der Waals surface area contributed by atoms with Gasteiger partial charge in [-0.1, -0.05) is 6.07 Å². The molecule has 0 saturated carbocycles. The van der Waals surface area contributed by atoms with Gasteiger partial charge in [0.25, 0.3) is 0 Å². The van der Waals surface area contributed by atoms with E-state index in [1.54, 1.807) is 13.0 Å². The van der Waals surface area contributed by atoms with E-state index in [9.17, 15) is 13.6 Å². The number of halogens is 2. The van der Waals surface area contributed by atoms with Crippen LogP contribution in [0, 0.1) is 18.6 Å². The number of hydrogen-bond acceptors (Lipinski definition) is 3. The van der Waals surface area contributed by atoms with Crippen molar-refractivity contribution in [2.24, 2.45) is 0 Å². The van der Waals surface area contributed by atoms with Crippen molar-refractivity contribution in [1.29, 1.82) is 0 Å². The van der Waals surface area contributed by atoms with E-state index in [-0.39, 0.29) is 12.0 Å². The van der Waals surface area contributed by atoms with E-state index in [1.165, 1.54) is 12.3 Å². The molecule has 0 spiro atoms. The van der Waals surface area contributed by atoms with E-state index >= 15 is 0 Å². The topological polar surface area (TPSA) is 68.0 Å². The number of rotatable bonds is 3. The van der Waals surface area contributed by atoms with Gasteiger partial charge in [-0.15, -0.1) is 0 Å². The lowest BCUT2D eigenvalue weighted by atomic mass is 10.1. The number of benzene rings is 1. The summed E-state index contributed by atoms with van der Waals surface area (Å²) in [7, 11) is 0. The summed E-state index contributed by atoms with van der Waals surface area (Å²) in [5.74, 6) is -1.49. The summed E-state index contributed by atoms with van der Waals surface area (Å²) in [6.07, 6.45) is 1.22. The average molecular weight is 277 g/mol. The van der Waals surface area contributed by atoms with Crippen LogP contribution in [-0.4, -0.2) is 10.9 Å². The first-order valence-corrected chi connectivity index (χ1v) is 5.91. The molecule has 2 rings (SSSR count). The van der Waals surface area contributed by atoms with Crippen molar-refractivity contribution in [2.75, 3.05) is 11.1 Å². The second kappa shape index (κ2) is 5.64. The predicted octanol–water partition coefficient (Wildman–Crippen LogP) is 2.43. The van der Waals surface area contributed by atoms with E-state index in [1.807, 2.05) is 0 Å². The normalized spacial score (nSPS) is 10.3. The second-order valence-electron chi connectivity index (χ2n) is 4.39. The maximum atomic E-state index is 13.4. The molecule has 0 unspecified atom stereocenters. The molecule has 0 aliphatic heterocycles. The van der Waals surface area contributed by atoms with Crippen molar-refractivity contribution >= 4 is 17.4 Å². The summed E-state index contributed by atoms with van der Waals surface area (Å²) < 4.78 is 26.2. The Morgan fingerprint density at radius 3 is 2.75 bits per heavy atom. The highest BCUT2D eigenvalue weighted by molar-refractivity contribution is 5.92. The third-order valence-corrected chi connectivity index (χ3v) is 2.72. The molecule has 1 heterocycles. The zero-order valence-corrected chi connectivity index (χ0v) is 10.8. The number of amides is 1. The van der Waals surface area contributed by atoms with E-state index in [2.05, 4.69) is 10.3 Å². The number of nitrogens with one attached hydrogen (secondary N) is 1. The fraction of sp³-hybridized carbons (Fsp3) is 0.143. The van der Waals surface area contributed by atoms with Crippen LogP contribution in [0.5, 0.6) is 0 Å². The highest BCUT2D eigenvalue weighted by atomic mass is 19.1. The van der Waals surface area contributed by atoms with Crippen LogP contribution in [0.15, 0.2) is 30.5 Å². The number of hydrogen-bond donors (Lipinski definition) is 2. The minimum absolute atomic E-state index is 0.122. The number of carbonyl (C=O) groups excluding carboxylic acids is 1. The Labute approximate surface area is 114 Å². The number of aryl methyl sites for hydroxylation is 1. The van der Waals surface area contributed by atoms with Crippen molar-refractivity contribution in [2.45, 2.75) is 13.3 Å².